The van der Waals surface area contributed by atoms with Gasteiger partial charge in [-0.05, 0) is 43.4 Å². The van der Waals surface area contributed by atoms with Crippen molar-refractivity contribution in [3.63, 3.8) is 0 Å². The maximum atomic E-state index is 13.0. The third-order valence-electron chi connectivity index (χ3n) is 5.86. The number of rotatable bonds is 2. The average molecular weight is 383 g/mol. The molecule has 28 heavy (non-hydrogen) atoms. The summed E-state index contributed by atoms with van der Waals surface area (Å²) in [5.41, 5.74) is 0.957. The molecule has 7 heteroatoms. The molecule has 2 aromatic rings. The van der Waals surface area contributed by atoms with Crippen LogP contribution in [0.2, 0.25) is 0 Å². The van der Waals surface area contributed by atoms with Crippen molar-refractivity contribution in [3.05, 3.63) is 39.9 Å². The van der Waals surface area contributed by atoms with Gasteiger partial charge in [0.1, 0.15) is 5.82 Å². The van der Waals surface area contributed by atoms with Gasteiger partial charge in [0.05, 0.1) is 16.8 Å². The predicted molar refractivity (Wildman–Crippen MR) is 104 cm³/mol. The van der Waals surface area contributed by atoms with E-state index in [1.54, 1.807) is 27.7 Å². The first-order valence-electron chi connectivity index (χ1n) is 9.99. The molecular weight excluding hydrogens is 358 g/mol. The highest BCUT2D eigenvalue weighted by atomic mass is 16.4. The van der Waals surface area contributed by atoms with Crippen LogP contribution in [0.4, 0.5) is 0 Å². The molecule has 0 spiro atoms. The number of hydrogen-bond donors (Lipinski definition) is 1. The first-order valence-corrected chi connectivity index (χ1v) is 9.99. The van der Waals surface area contributed by atoms with Gasteiger partial charge in [-0.1, -0.05) is 13.3 Å². The fraction of sp³-hybridized carbons (Fsp3) is 0.524. The van der Waals surface area contributed by atoms with Crippen molar-refractivity contribution in [1.29, 1.82) is 0 Å². The number of fused-ring (bicyclic) bond motifs is 2. The van der Waals surface area contributed by atoms with Crippen LogP contribution in [0.15, 0.2) is 23.0 Å². The van der Waals surface area contributed by atoms with Crippen LogP contribution in [-0.2, 0) is 17.8 Å². The summed E-state index contributed by atoms with van der Waals surface area (Å²) in [4.78, 5) is 43.5. The summed E-state index contributed by atoms with van der Waals surface area (Å²) < 4.78 is 1.76. The van der Waals surface area contributed by atoms with Gasteiger partial charge in [-0.3, -0.25) is 19.0 Å². The van der Waals surface area contributed by atoms with E-state index in [9.17, 15) is 19.5 Å². The lowest BCUT2D eigenvalue weighted by molar-refractivity contribution is -0.143. The lowest BCUT2D eigenvalue weighted by Crippen LogP contribution is -2.45. The number of aryl methyl sites for hydroxylation is 1. The van der Waals surface area contributed by atoms with E-state index in [1.165, 1.54) is 0 Å². The molecule has 0 saturated carbocycles. The molecule has 0 radical (unpaired) electrons. The highest BCUT2D eigenvalue weighted by molar-refractivity contribution is 5.98. The fourth-order valence-electron chi connectivity index (χ4n) is 4.43. The van der Waals surface area contributed by atoms with Crippen LogP contribution in [-0.4, -0.2) is 44.5 Å². The van der Waals surface area contributed by atoms with Gasteiger partial charge in [0.15, 0.2) is 0 Å². The van der Waals surface area contributed by atoms with Crippen molar-refractivity contribution in [1.82, 2.24) is 14.5 Å². The number of aliphatic carboxylic acids is 1. The Labute approximate surface area is 163 Å². The summed E-state index contributed by atoms with van der Waals surface area (Å²) in [7, 11) is 0. The zero-order valence-corrected chi connectivity index (χ0v) is 16.1. The number of carboxylic acid groups (broad SMARTS) is 1. The molecule has 4 rings (SSSR count). The molecule has 1 aromatic heterocycles. The third kappa shape index (κ3) is 3.41. The molecule has 2 atom stereocenters. The Morgan fingerprint density at radius 2 is 2.00 bits per heavy atom. The Morgan fingerprint density at radius 3 is 2.79 bits per heavy atom. The van der Waals surface area contributed by atoms with Gasteiger partial charge >= 0.3 is 5.97 Å². The maximum Gasteiger partial charge on any atom is 0.308 e. The van der Waals surface area contributed by atoms with Crippen molar-refractivity contribution >= 4 is 22.8 Å². The van der Waals surface area contributed by atoms with E-state index in [0.29, 0.717) is 36.0 Å². The minimum absolute atomic E-state index is 0.0431. The van der Waals surface area contributed by atoms with Gasteiger partial charge in [-0.2, -0.15) is 0 Å². The van der Waals surface area contributed by atoms with Gasteiger partial charge in [0, 0.05) is 31.6 Å². The van der Waals surface area contributed by atoms with Gasteiger partial charge in [-0.25, -0.2) is 4.98 Å². The summed E-state index contributed by atoms with van der Waals surface area (Å²) in [6, 6.07) is 5.02. The number of likely N-dealkylation sites (tertiary alicyclic amines) is 1. The zero-order chi connectivity index (χ0) is 19.8. The number of piperidine rings is 1. The van der Waals surface area contributed by atoms with E-state index in [2.05, 4.69) is 4.98 Å². The van der Waals surface area contributed by atoms with Crippen LogP contribution in [0.5, 0.6) is 0 Å². The number of amides is 1. The molecule has 3 heterocycles. The summed E-state index contributed by atoms with van der Waals surface area (Å²) in [5, 5.41) is 9.87. The van der Waals surface area contributed by atoms with Crippen LogP contribution in [0, 0.1) is 11.8 Å². The largest absolute Gasteiger partial charge is 0.481 e. The fourth-order valence-corrected chi connectivity index (χ4v) is 4.43. The summed E-state index contributed by atoms with van der Waals surface area (Å²) in [6.45, 7) is 3.42. The van der Waals surface area contributed by atoms with Crippen LogP contribution < -0.4 is 5.56 Å². The van der Waals surface area contributed by atoms with Crippen molar-refractivity contribution in [2.75, 3.05) is 13.1 Å². The van der Waals surface area contributed by atoms with E-state index in [-0.39, 0.29) is 23.9 Å². The molecule has 1 amide bonds. The maximum absolute atomic E-state index is 13.0. The standard InChI is InChI=1S/C21H25N3O4/c1-13-9-15(21(27)28)12-23(11-13)19(25)14-6-7-16-17(10-14)22-18-5-3-2-4-8-24(18)20(16)26/h6-7,10,13,15H,2-5,8-9,11-12H2,1H3,(H,27,28). The SMILES string of the molecule is CC1CC(C(=O)O)CN(C(=O)c2ccc3c(=O)n4c(nc3c2)CCCCC4)C1. The molecule has 2 aliphatic heterocycles. The number of aromatic nitrogens is 2. The van der Waals surface area contributed by atoms with E-state index < -0.39 is 11.9 Å². The number of hydrogen-bond acceptors (Lipinski definition) is 4. The van der Waals surface area contributed by atoms with Gasteiger partial charge in [-0.15, -0.1) is 0 Å². The number of benzene rings is 1. The smallest absolute Gasteiger partial charge is 0.308 e. The molecule has 2 aliphatic rings. The van der Waals surface area contributed by atoms with Crippen molar-refractivity contribution in [2.24, 2.45) is 11.8 Å². The molecule has 1 fully saturated rings. The van der Waals surface area contributed by atoms with Gasteiger partial charge < -0.3 is 10.0 Å². The van der Waals surface area contributed by atoms with Gasteiger partial charge in [0.2, 0.25) is 0 Å². The molecule has 1 N–H and O–H groups in total. The molecule has 2 unspecified atom stereocenters. The van der Waals surface area contributed by atoms with Gasteiger partial charge in [0.25, 0.3) is 11.5 Å². The zero-order valence-electron chi connectivity index (χ0n) is 16.1. The Balaban J connectivity index is 1.68. The molecule has 0 bridgehead atoms. The summed E-state index contributed by atoms with van der Waals surface area (Å²) >= 11 is 0. The van der Waals surface area contributed by atoms with Crippen LogP contribution in [0.1, 0.15) is 48.8 Å². The molecule has 148 valence electrons. The quantitative estimate of drug-likeness (QED) is 0.859. The van der Waals surface area contributed by atoms with Crippen LogP contribution in [0.25, 0.3) is 10.9 Å². The van der Waals surface area contributed by atoms with Crippen LogP contribution in [0.3, 0.4) is 0 Å². The van der Waals surface area contributed by atoms with Crippen molar-refractivity contribution in [3.8, 4) is 0 Å². The van der Waals surface area contributed by atoms with Crippen molar-refractivity contribution < 1.29 is 14.7 Å². The minimum Gasteiger partial charge on any atom is -0.481 e. The molecule has 0 aliphatic carbocycles. The Hall–Kier alpha value is -2.70. The number of nitrogens with zero attached hydrogens (tertiary/aromatic N) is 3. The first kappa shape index (κ1) is 18.7. The molecular formula is C21H25N3O4. The van der Waals surface area contributed by atoms with E-state index >= 15 is 0 Å². The van der Waals surface area contributed by atoms with E-state index in [0.717, 1.165) is 31.5 Å². The predicted octanol–water partition coefficient (Wildman–Crippen LogP) is 2.31. The minimum atomic E-state index is -0.861. The Morgan fingerprint density at radius 1 is 1.18 bits per heavy atom. The highest BCUT2D eigenvalue weighted by Crippen LogP contribution is 2.24. The third-order valence-corrected chi connectivity index (χ3v) is 5.86. The number of carbonyl (C=O) groups excluding carboxylic acids is 1. The normalized spacial score (nSPS) is 22.5. The lowest BCUT2D eigenvalue weighted by Gasteiger charge is -2.34. The number of carbonyl (C=O) groups is 2. The monoisotopic (exact) mass is 383 g/mol. The highest BCUT2D eigenvalue weighted by Gasteiger charge is 2.32. The summed E-state index contributed by atoms with van der Waals surface area (Å²) in [6.07, 6.45) is 4.43. The van der Waals surface area contributed by atoms with E-state index in [1.807, 2.05) is 6.92 Å². The van der Waals surface area contributed by atoms with Crippen molar-refractivity contribution in [2.45, 2.75) is 45.6 Å². The Kier molecular flexibility index (Phi) is 4.91. The second-order valence-electron chi connectivity index (χ2n) is 8.11. The van der Waals surface area contributed by atoms with Crippen LogP contribution >= 0.6 is 0 Å². The second kappa shape index (κ2) is 7.37. The number of carboxylic acids is 1. The second-order valence-corrected chi connectivity index (χ2v) is 8.11. The van der Waals surface area contributed by atoms with E-state index in [4.69, 9.17) is 0 Å². The molecule has 1 aromatic carbocycles. The Bertz CT molecular complexity index is 997. The molecule has 7 nitrogen and oxygen atoms in total. The average Bonchev–Trinajstić information content (AvgIpc) is 2.92. The summed E-state index contributed by atoms with van der Waals surface area (Å²) in [5.74, 6) is -0.668. The first-order chi connectivity index (χ1) is 13.4. The lowest BCUT2D eigenvalue weighted by atomic mass is 9.90. The molecule has 1 saturated heterocycles. The topological polar surface area (TPSA) is 92.5 Å².